The minimum absolute atomic E-state index is 0.00159. The van der Waals surface area contributed by atoms with Crippen LogP contribution in [0.1, 0.15) is 99.8 Å². The van der Waals surface area contributed by atoms with Gasteiger partial charge in [-0.3, -0.25) is 0 Å². The molecule has 7 rings (SSSR count). The third kappa shape index (κ3) is 2.04. The Bertz CT molecular complexity index is 931. The Labute approximate surface area is 206 Å². The third-order valence-electron chi connectivity index (χ3n) is 14.5. The van der Waals surface area contributed by atoms with E-state index in [0.29, 0.717) is 41.1 Å². The van der Waals surface area contributed by atoms with Crippen molar-refractivity contribution in [3.05, 3.63) is 0 Å². The summed E-state index contributed by atoms with van der Waals surface area (Å²) < 4.78 is 13.8. The van der Waals surface area contributed by atoms with Gasteiger partial charge in [0.25, 0.3) is 0 Å². The number of hydrogen-bond acceptors (Lipinski definition) is 4. The van der Waals surface area contributed by atoms with Crippen LogP contribution in [0.2, 0.25) is 0 Å². The molecule has 34 heavy (non-hydrogen) atoms. The molecule has 0 aromatic carbocycles. The Morgan fingerprint density at radius 1 is 0.882 bits per heavy atom. The van der Waals surface area contributed by atoms with Crippen molar-refractivity contribution in [1.82, 2.24) is 0 Å². The maximum atomic E-state index is 12.5. The SMILES string of the molecule is CC(C)[C@@]12CO[C@]3(O1)[C@@H](O)[C@@]1(C)[C@@H]4CC[C@@H]5C(C)(C)[C@H](O)CC[C@@]56C[C@]46CC[C@]1(C)[C@H]3[C@@H](C)C2. The lowest BCUT2D eigenvalue weighted by Gasteiger charge is -2.63. The summed E-state index contributed by atoms with van der Waals surface area (Å²) in [5, 5.41) is 23.4. The average Bonchev–Trinajstić information content (AvgIpc) is 3.29. The lowest BCUT2D eigenvalue weighted by atomic mass is 9.41. The molecular weight excluding hydrogens is 424 g/mol. The van der Waals surface area contributed by atoms with Gasteiger partial charge < -0.3 is 19.7 Å². The van der Waals surface area contributed by atoms with Crippen LogP contribution in [-0.2, 0) is 9.47 Å². The van der Waals surface area contributed by atoms with Crippen molar-refractivity contribution in [1.29, 1.82) is 0 Å². The molecule has 5 saturated carbocycles. The van der Waals surface area contributed by atoms with Gasteiger partial charge >= 0.3 is 0 Å². The Morgan fingerprint density at radius 3 is 2.26 bits per heavy atom. The van der Waals surface area contributed by atoms with Gasteiger partial charge in [0.1, 0.15) is 6.10 Å². The zero-order valence-electron chi connectivity index (χ0n) is 22.6. The van der Waals surface area contributed by atoms with Gasteiger partial charge in [-0.1, -0.05) is 48.5 Å². The van der Waals surface area contributed by atoms with E-state index in [0.717, 1.165) is 12.8 Å². The molecule has 3 spiro atoms. The summed E-state index contributed by atoms with van der Waals surface area (Å²) >= 11 is 0. The summed E-state index contributed by atoms with van der Waals surface area (Å²) in [4.78, 5) is 0. The zero-order chi connectivity index (χ0) is 24.3. The molecule has 2 aliphatic heterocycles. The van der Waals surface area contributed by atoms with Gasteiger partial charge in [0, 0.05) is 11.3 Å². The molecule has 2 heterocycles. The van der Waals surface area contributed by atoms with Crippen LogP contribution in [0.15, 0.2) is 0 Å². The number of rotatable bonds is 1. The summed E-state index contributed by atoms with van der Waals surface area (Å²) in [5.74, 6) is 1.42. The first-order chi connectivity index (χ1) is 15.8. The van der Waals surface area contributed by atoms with Crippen LogP contribution in [0.25, 0.3) is 0 Å². The fourth-order valence-corrected chi connectivity index (χ4v) is 12.7. The normalized spacial score (nSPS) is 65.1. The summed E-state index contributed by atoms with van der Waals surface area (Å²) in [6.45, 7) is 17.2. The minimum Gasteiger partial charge on any atom is -0.393 e. The lowest BCUT2D eigenvalue weighted by molar-refractivity contribution is -0.297. The predicted molar refractivity (Wildman–Crippen MR) is 131 cm³/mol. The first kappa shape index (κ1) is 23.0. The van der Waals surface area contributed by atoms with E-state index in [2.05, 4.69) is 48.5 Å². The second-order valence-electron chi connectivity index (χ2n) is 15.6. The highest BCUT2D eigenvalue weighted by atomic mass is 16.8. The summed E-state index contributed by atoms with van der Waals surface area (Å²) in [5.41, 5.74) is 0.281. The van der Waals surface area contributed by atoms with Crippen LogP contribution in [0.5, 0.6) is 0 Å². The summed E-state index contributed by atoms with van der Waals surface area (Å²) in [7, 11) is 0. The van der Waals surface area contributed by atoms with Crippen molar-refractivity contribution in [3.63, 3.8) is 0 Å². The maximum Gasteiger partial charge on any atom is 0.199 e. The Balaban J connectivity index is 1.33. The topological polar surface area (TPSA) is 58.9 Å². The van der Waals surface area contributed by atoms with Crippen LogP contribution in [0.3, 0.4) is 0 Å². The largest absolute Gasteiger partial charge is 0.393 e. The average molecular weight is 473 g/mol. The van der Waals surface area contributed by atoms with Crippen molar-refractivity contribution in [2.75, 3.05) is 6.61 Å². The van der Waals surface area contributed by atoms with E-state index < -0.39 is 11.9 Å². The number of fused-ring (bicyclic) bond motifs is 4. The van der Waals surface area contributed by atoms with E-state index in [9.17, 15) is 10.2 Å². The molecule has 0 aromatic rings. The second kappa shape index (κ2) is 6.11. The van der Waals surface area contributed by atoms with E-state index in [1.54, 1.807) is 0 Å². The van der Waals surface area contributed by atoms with Crippen molar-refractivity contribution in [3.8, 4) is 0 Å². The van der Waals surface area contributed by atoms with Gasteiger partial charge in [-0.2, -0.15) is 0 Å². The minimum atomic E-state index is -0.835. The van der Waals surface area contributed by atoms with Crippen LogP contribution in [0, 0.1) is 56.7 Å². The number of aliphatic hydroxyl groups excluding tert-OH is 2. The molecule has 4 heteroatoms. The van der Waals surface area contributed by atoms with Crippen LogP contribution >= 0.6 is 0 Å². The molecule has 0 aromatic heterocycles. The molecule has 7 fully saturated rings. The zero-order valence-corrected chi connectivity index (χ0v) is 22.6. The monoisotopic (exact) mass is 472 g/mol. The highest BCUT2D eigenvalue weighted by Crippen LogP contribution is 2.90. The Hall–Kier alpha value is -0.160. The molecule has 0 unspecified atom stereocenters. The molecule has 2 N–H and O–H groups in total. The maximum absolute atomic E-state index is 12.5. The van der Waals surface area contributed by atoms with Crippen molar-refractivity contribution < 1.29 is 19.7 Å². The molecule has 2 bridgehead atoms. The molecular formula is C30H48O4. The van der Waals surface area contributed by atoms with Gasteiger partial charge in [0.2, 0.25) is 0 Å². The molecule has 12 atom stereocenters. The van der Waals surface area contributed by atoms with Gasteiger partial charge in [-0.05, 0) is 96.7 Å². The first-order valence-corrected chi connectivity index (χ1v) is 14.5. The molecule has 192 valence electrons. The van der Waals surface area contributed by atoms with Crippen LogP contribution in [-0.4, -0.2) is 40.4 Å². The Kier molecular flexibility index (Phi) is 4.13. The summed E-state index contributed by atoms with van der Waals surface area (Å²) in [6, 6.07) is 0. The first-order valence-electron chi connectivity index (χ1n) is 14.5. The van der Waals surface area contributed by atoms with Gasteiger partial charge in [-0.15, -0.1) is 0 Å². The Morgan fingerprint density at radius 2 is 1.56 bits per heavy atom. The highest BCUT2D eigenvalue weighted by molar-refractivity contribution is 5.34. The molecule has 5 aliphatic carbocycles. The van der Waals surface area contributed by atoms with Crippen molar-refractivity contribution in [2.24, 2.45) is 56.7 Å². The molecule has 2 saturated heterocycles. The van der Waals surface area contributed by atoms with E-state index in [4.69, 9.17) is 9.47 Å². The quantitative estimate of drug-likeness (QED) is 0.526. The van der Waals surface area contributed by atoms with Gasteiger partial charge in [-0.25, -0.2) is 0 Å². The lowest BCUT2D eigenvalue weighted by Crippen LogP contribution is -2.60. The van der Waals surface area contributed by atoms with E-state index in [1.165, 1.54) is 38.5 Å². The van der Waals surface area contributed by atoms with Crippen LogP contribution in [0.4, 0.5) is 0 Å². The fraction of sp³-hybridized carbons (Fsp3) is 1.00. The summed E-state index contributed by atoms with van der Waals surface area (Å²) in [6.07, 6.45) is 8.57. The standard InChI is InChI=1S/C30H48O4/c1-17(2)29-14-18(3)22-25(6)12-13-28-15-27(28)11-10-21(31)24(4,5)19(27)8-9-20(28)26(25,7)23(32)30(22,34-29)33-16-29/h17-23,31-32H,8-16H2,1-7H3/t18-,19+,20-,21+,22+,23-,25+,26+,27+,28+,29+,30+/m0/s1. The van der Waals surface area contributed by atoms with Crippen LogP contribution < -0.4 is 0 Å². The number of aliphatic hydroxyl groups is 2. The highest BCUT2D eigenvalue weighted by Gasteiger charge is 2.88. The van der Waals surface area contributed by atoms with Crippen molar-refractivity contribution in [2.45, 2.75) is 123 Å². The van der Waals surface area contributed by atoms with E-state index in [1.807, 2.05) is 0 Å². The number of ether oxygens (including phenoxy) is 2. The molecule has 0 radical (unpaired) electrons. The third-order valence-corrected chi connectivity index (χ3v) is 14.5. The molecule has 0 amide bonds. The smallest absolute Gasteiger partial charge is 0.199 e. The van der Waals surface area contributed by atoms with Gasteiger partial charge in [0.15, 0.2) is 5.79 Å². The van der Waals surface area contributed by atoms with Gasteiger partial charge in [0.05, 0.1) is 18.3 Å². The predicted octanol–water partition coefficient (Wildman–Crippen LogP) is 5.54. The van der Waals surface area contributed by atoms with E-state index >= 15 is 0 Å². The van der Waals surface area contributed by atoms with E-state index in [-0.39, 0.29) is 33.9 Å². The molecule has 4 nitrogen and oxygen atoms in total. The van der Waals surface area contributed by atoms with Crippen molar-refractivity contribution >= 4 is 0 Å². The fourth-order valence-electron chi connectivity index (χ4n) is 12.7. The number of hydrogen-bond donors (Lipinski definition) is 2. The molecule has 7 aliphatic rings. The second-order valence-corrected chi connectivity index (χ2v) is 15.6.